The van der Waals surface area contributed by atoms with Crippen LogP contribution in [-0.2, 0) is 21.1 Å². The highest BCUT2D eigenvalue weighted by molar-refractivity contribution is 6.00. The van der Waals surface area contributed by atoms with Gasteiger partial charge >= 0.3 is 0 Å². The maximum absolute atomic E-state index is 6.12. The Kier molecular flexibility index (Phi) is 9.60. The molecular weight excluding hydrogens is 703 g/mol. The van der Waals surface area contributed by atoms with Crippen LogP contribution in [0.3, 0.4) is 0 Å². The molecule has 0 spiro atoms. The molecule has 57 heavy (non-hydrogen) atoms. The number of nitrogens with one attached hydrogen (secondary N) is 2. The second kappa shape index (κ2) is 15.3. The van der Waals surface area contributed by atoms with E-state index in [2.05, 4.69) is 172 Å². The lowest BCUT2D eigenvalue weighted by atomic mass is 10.0. The van der Waals surface area contributed by atoms with Gasteiger partial charge in [0.1, 0.15) is 26.9 Å². The molecule has 0 fully saturated rings. The number of fused-ring (bicyclic) bond motifs is 8. The number of H-pyrrole nitrogens is 2. The van der Waals surface area contributed by atoms with Crippen LogP contribution >= 0.6 is 0 Å². The van der Waals surface area contributed by atoms with Crippen LogP contribution in [0.4, 0.5) is 0 Å². The molecule has 7 aromatic rings. The summed E-state index contributed by atoms with van der Waals surface area (Å²) < 4.78 is 12.3. The average Bonchev–Trinajstić information content (AvgIpc) is 4.07. The summed E-state index contributed by atoms with van der Waals surface area (Å²) in [5.74, 6) is 0.869. The summed E-state index contributed by atoms with van der Waals surface area (Å²) in [6.07, 6.45) is 24.4. The first-order valence-corrected chi connectivity index (χ1v) is 19.7. The first kappa shape index (κ1) is 35.8. The average molecular weight is 749 g/mol. The van der Waals surface area contributed by atoms with Crippen molar-refractivity contribution in [2.75, 3.05) is 6.61 Å². The molecule has 2 N–H and O–H groups in total. The van der Waals surface area contributed by atoms with Gasteiger partial charge in [-0.15, -0.1) is 0 Å². The fraction of sp³-hybridized carbons (Fsp3) is 0.163. The second-order valence-corrected chi connectivity index (χ2v) is 14.8. The minimum atomic E-state index is 0.713. The van der Waals surface area contributed by atoms with E-state index in [1.807, 2.05) is 25.7 Å². The molecule has 280 valence electrons. The van der Waals surface area contributed by atoms with Crippen LogP contribution in [-0.4, -0.2) is 26.5 Å². The van der Waals surface area contributed by atoms with Crippen LogP contribution in [0.2, 0.25) is 0 Å². The molecule has 2 aliphatic heterocycles. The van der Waals surface area contributed by atoms with E-state index in [9.17, 15) is 0 Å². The van der Waals surface area contributed by atoms with Gasteiger partial charge in [-0.25, -0.2) is 23.7 Å². The Hall–Kier alpha value is -6.93. The molecule has 8 bridgehead atoms. The summed E-state index contributed by atoms with van der Waals surface area (Å²) >= 11 is 0. The summed E-state index contributed by atoms with van der Waals surface area (Å²) in [5.41, 5.74) is 15.7. The van der Waals surface area contributed by atoms with E-state index in [0.29, 0.717) is 6.61 Å². The fourth-order valence-electron chi connectivity index (χ4n) is 7.68. The van der Waals surface area contributed by atoms with Gasteiger partial charge in [-0.05, 0) is 89.4 Å². The summed E-state index contributed by atoms with van der Waals surface area (Å²) in [4.78, 5) is 18.5. The Labute approximate surface area is 332 Å². The number of unbranched alkanes of at least 4 members (excludes halogenated alkanes) is 2. The van der Waals surface area contributed by atoms with Crippen molar-refractivity contribution in [2.45, 2.75) is 26.2 Å². The van der Waals surface area contributed by atoms with Crippen molar-refractivity contribution >= 4 is 46.4 Å². The van der Waals surface area contributed by atoms with Gasteiger partial charge in [-0.3, -0.25) is 0 Å². The number of ether oxygens (including phenoxy) is 1. The van der Waals surface area contributed by atoms with Crippen molar-refractivity contribution < 1.29 is 18.4 Å². The molecule has 8 heteroatoms. The van der Waals surface area contributed by atoms with Crippen LogP contribution in [0.1, 0.15) is 49.0 Å². The van der Waals surface area contributed by atoms with Crippen molar-refractivity contribution in [3.05, 3.63) is 145 Å². The van der Waals surface area contributed by atoms with E-state index in [4.69, 9.17) is 14.7 Å². The topological polar surface area (TPSA) is 78.2 Å². The standard InChI is InChI=1S/C49H45N7O/c1-5-6-7-32-57-37-10-8-33(9-11-37)46-38-12-14-40(50-38)47(34-20-26-54(2)27-21-34)42-16-18-44(52-42)49(36-24-30-56(4)31-25-36)45-19-17-43(53-45)48(41-15-13-39(46)51-41)35-22-28-55(3)29-23-35/h8-31H,5-7,32H2,1-4H3,(H,50,51,52,53)/q+2/p+1. The predicted molar refractivity (Wildman–Crippen MR) is 229 cm³/mol. The van der Waals surface area contributed by atoms with E-state index in [1.54, 1.807) is 0 Å². The number of rotatable bonds is 9. The molecule has 0 saturated carbocycles. The summed E-state index contributed by atoms with van der Waals surface area (Å²) in [5, 5.41) is 0. The Bertz CT molecular complexity index is 2830. The van der Waals surface area contributed by atoms with Gasteiger partial charge in [-0.2, -0.15) is 0 Å². The van der Waals surface area contributed by atoms with Crippen molar-refractivity contribution in [1.29, 1.82) is 0 Å². The third-order valence-electron chi connectivity index (χ3n) is 10.7. The highest BCUT2D eigenvalue weighted by atomic mass is 16.5. The van der Waals surface area contributed by atoms with Gasteiger partial charge < -0.3 is 14.7 Å². The third-order valence-corrected chi connectivity index (χ3v) is 10.7. The molecule has 2 aliphatic rings. The molecule has 6 aromatic heterocycles. The van der Waals surface area contributed by atoms with Gasteiger partial charge in [0, 0.05) is 80.7 Å². The zero-order valence-electron chi connectivity index (χ0n) is 32.8. The minimum Gasteiger partial charge on any atom is -0.494 e. The summed E-state index contributed by atoms with van der Waals surface area (Å²) in [7, 11) is 6.11. The largest absolute Gasteiger partial charge is 0.494 e. The molecule has 8 heterocycles. The van der Waals surface area contributed by atoms with E-state index < -0.39 is 0 Å². The number of aromatic nitrogens is 7. The fourth-order valence-corrected chi connectivity index (χ4v) is 7.68. The SMILES string of the molecule is CCCCCOc1ccc(-c2c3nc(c(-c4cc[n+](C)cc4)c4nc(c(-c5cc[n+](C)cc5)c5ccc([nH]5)c(-c5cc[n+](C)cc5)c5ccc2[nH]5)C=C4)C=C3)cc1. The smallest absolute Gasteiger partial charge is 0.169 e. The normalized spacial score (nSPS) is 12.0. The van der Waals surface area contributed by atoms with Crippen LogP contribution in [0, 0.1) is 0 Å². The number of hydrogen-bond acceptors (Lipinski definition) is 3. The van der Waals surface area contributed by atoms with Gasteiger partial charge in [0.2, 0.25) is 0 Å². The lowest BCUT2D eigenvalue weighted by Gasteiger charge is -2.08. The third kappa shape index (κ3) is 7.18. The Balaban J connectivity index is 1.38. The van der Waals surface area contributed by atoms with Crippen molar-refractivity contribution in [3.63, 3.8) is 0 Å². The number of hydrogen-bond donors (Lipinski definition) is 2. The summed E-state index contributed by atoms with van der Waals surface area (Å²) in [6.45, 7) is 2.92. The Morgan fingerprint density at radius 1 is 0.439 bits per heavy atom. The lowest BCUT2D eigenvalue weighted by molar-refractivity contribution is -0.671. The quantitative estimate of drug-likeness (QED) is 0.114. The maximum Gasteiger partial charge on any atom is 0.169 e. The van der Waals surface area contributed by atoms with Gasteiger partial charge in [-0.1, -0.05) is 31.9 Å². The number of benzene rings is 1. The number of aromatic amines is 2. The number of aryl methyl sites for hydroxylation is 3. The van der Waals surface area contributed by atoms with Gasteiger partial charge in [0.25, 0.3) is 0 Å². The molecule has 1 aromatic carbocycles. The first-order chi connectivity index (χ1) is 27.9. The van der Waals surface area contributed by atoms with E-state index >= 15 is 0 Å². The molecule has 0 aliphatic carbocycles. The van der Waals surface area contributed by atoms with Gasteiger partial charge in [0.05, 0.1) is 29.4 Å². The molecular formula is C49H46N7O+3. The molecule has 0 amide bonds. The molecule has 0 atom stereocenters. The van der Waals surface area contributed by atoms with Crippen molar-refractivity contribution in [1.82, 2.24) is 19.9 Å². The zero-order valence-corrected chi connectivity index (χ0v) is 32.8. The second-order valence-electron chi connectivity index (χ2n) is 14.8. The highest BCUT2D eigenvalue weighted by Crippen LogP contribution is 2.38. The monoisotopic (exact) mass is 748 g/mol. The number of nitrogens with zero attached hydrogens (tertiary/aromatic N) is 5. The molecule has 0 saturated heterocycles. The summed E-state index contributed by atoms with van der Waals surface area (Å²) in [6, 6.07) is 30.0. The van der Waals surface area contributed by atoms with Crippen molar-refractivity contribution in [2.24, 2.45) is 21.1 Å². The van der Waals surface area contributed by atoms with Crippen LogP contribution < -0.4 is 18.4 Å². The Morgan fingerprint density at radius 2 is 0.807 bits per heavy atom. The van der Waals surface area contributed by atoms with Crippen LogP contribution in [0.25, 0.3) is 90.9 Å². The molecule has 8 nitrogen and oxygen atoms in total. The molecule has 0 radical (unpaired) electrons. The first-order valence-electron chi connectivity index (χ1n) is 19.7. The lowest BCUT2D eigenvalue weighted by Crippen LogP contribution is -2.25. The van der Waals surface area contributed by atoms with Crippen molar-refractivity contribution in [3.8, 4) is 50.3 Å². The number of pyridine rings is 3. The predicted octanol–water partition coefficient (Wildman–Crippen LogP) is 9.37. The Morgan fingerprint density at radius 3 is 1.25 bits per heavy atom. The minimum absolute atomic E-state index is 0.713. The molecule has 0 unspecified atom stereocenters. The van der Waals surface area contributed by atoms with Crippen LogP contribution in [0.5, 0.6) is 5.75 Å². The molecule has 9 rings (SSSR count). The van der Waals surface area contributed by atoms with Crippen LogP contribution in [0.15, 0.2) is 122 Å². The van der Waals surface area contributed by atoms with E-state index in [1.165, 1.54) is 0 Å². The van der Waals surface area contributed by atoms with E-state index in [-0.39, 0.29) is 0 Å². The zero-order chi connectivity index (χ0) is 38.9. The highest BCUT2D eigenvalue weighted by Gasteiger charge is 2.20. The van der Waals surface area contributed by atoms with E-state index in [0.717, 1.165) is 114 Å². The van der Waals surface area contributed by atoms with Gasteiger partial charge in [0.15, 0.2) is 37.2 Å². The maximum atomic E-state index is 6.12.